The molecule has 2 heteroatoms. The first-order valence-corrected chi connectivity index (χ1v) is 7.63. The van der Waals surface area contributed by atoms with Gasteiger partial charge in [-0.1, -0.05) is 17.9 Å². The molecule has 0 N–H and O–H groups in total. The molecule has 0 spiro atoms. The van der Waals surface area contributed by atoms with Gasteiger partial charge in [-0.15, -0.1) is 0 Å². The van der Waals surface area contributed by atoms with E-state index in [2.05, 4.69) is 48.8 Å². The molecule has 20 heavy (non-hydrogen) atoms. The molecular formula is C18H22FN. The van der Waals surface area contributed by atoms with Crippen LogP contribution in [0.15, 0.2) is 18.2 Å². The molecule has 1 nitrogen and oxygen atoms in total. The molecule has 0 unspecified atom stereocenters. The van der Waals surface area contributed by atoms with Crippen molar-refractivity contribution < 1.29 is 4.39 Å². The Bertz CT molecular complexity index is 561. The minimum absolute atomic E-state index is 0.298. The summed E-state index contributed by atoms with van der Waals surface area (Å²) in [7, 11) is 0. The van der Waals surface area contributed by atoms with E-state index in [0.29, 0.717) is 6.04 Å². The highest BCUT2D eigenvalue weighted by Gasteiger charge is 2.41. The number of fused-ring (bicyclic) bond motifs is 1. The summed E-state index contributed by atoms with van der Waals surface area (Å²) in [6.07, 6.45) is 4.11. The van der Waals surface area contributed by atoms with Gasteiger partial charge in [0.25, 0.3) is 0 Å². The van der Waals surface area contributed by atoms with Crippen molar-refractivity contribution in [3.05, 3.63) is 29.3 Å². The van der Waals surface area contributed by atoms with Crippen molar-refractivity contribution in [3.8, 4) is 11.8 Å². The van der Waals surface area contributed by atoms with Gasteiger partial charge in [0.1, 0.15) is 6.67 Å². The molecule has 0 aromatic heterocycles. The van der Waals surface area contributed by atoms with Crippen LogP contribution in [0, 0.1) is 17.3 Å². The maximum absolute atomic E-state index is 12.9. The van der Waals surface area contributed by atoms with E-state index in [0.717, 1.165) is 31.4 Å². The first kappa shape index (κ1) is 13.5. The van der Waals surface area contributed by atoms with Gasteiger partial charge in [-0.2, -0.15) is 0 Å². The predicted octanol–water partition coefficient (Wildman–Crippen LogP) is 3.95. The van der Waals surface area contributed by atoms with Crippen molar-refractivity contribution in [3.63, 3.8) is 0 Å². The van der Waals surface area contributed by atoms with Crippen molar-refractivity contribution in [2.75, 3.05) is 18.1 Å². The van der Waals surface area contributed by atoms with Gasteiger partial charge >= 0.3 is 0 Å². The lowest BCUT2D eigenvalue weighted by Gasteiger charge is -2.35. The zero-order valence-corrected chi connectivity index (χ0v) is 12.4. The van der Waals surface area contributed by atoms with E-state index < -0.39 is 0 Å². The SMILES string of the molecule is CC(C)N1CCCc2c(C#CC3(CF)CC3)cccc21. The molecule has 0 amide bonds. The fourth-order valence-corrected chi connectivity index (χ4v) is 2.95. The van der Waals surface area contributed by atoms with Crippen LogP contribution in [0.25, 0.3) is 0 Å². The molecule has 2 aliphatic rings. The summed E-state index contributed by atoms with van der Waals surface area (Å²) in [5, 5.41) is 0. The smallest absolute Gasteiger partial charge is 0.106 e. The molecule has 1 fully saturated rings. The van der Waals surface area contributed by atoms with Gasteiger partial charge in [0, 0.05) is 23.8 Å². The van der Waals surface area contributed by atoms with E-state index in [1.54, 1.807) is 0 Å². The number of hydrogen-bond donors (Lipinski definition) is 0. The molecule has 0 atom stereocenters. The molecular weight excluding hydrogens is 249 g/mol. The van der Waals surface area contributed by atoms with Crippen LogP contribution in [-0.2, 0) is 6.42 Å². The second-order valence-corrected chi connectivity index (χ2v) is 6.36. The Labute approximate surface area is 121 Å². The molecule has 0 saturated heterocycles. The number of alkyl halides is 1. The Morgan fingerprint density at radius 2 is 2.15 bits per heavy atom. The number of hydrogen-bond acceptors (Lipinski definition) is 1. The standard InChI is InChI=1S/C18H22FN/c1-14(2)20-12-4-6-16-15(5-3-7-17(16)20)8-9-18(13-19)10-11-18/h3,5,7,14H,4,6,10-13H2,1-2H3. The summed E-state index contributed by atoms with van der Waals surface area (Å²) in [6, 6.07) is 6.88. The summed E-state index contributed by atoms with van der Waals surface area (Å²) in [4.78, 5) is 2.45. The highest BCUT2D eigenvalue weighted by molar-refractivity contribution is 5.62. The summed E-state index contributed by atoms with van der Waals surface area (Å²) >= 11 is 0. The Morgan fingerprint density at radius 3 is 2.80 bits per heavy atom. The minimum atomic E-state index is -0.310. The monoisotopic (exact) mass is 271 g/mol. The Hall–Kier alpha value is -1.49. The fraction of sp³-hybridized carbons (Fsp3) is 0.556. The highest BCUT2D eigenvalue weighted by Crippen LogP contribution is 2.45. The van der Waals surface area contributed by atoms with Crippen molar-refractivity contribution in [2.45, 2.75) is 45.6 Å². The van der Waals surface area contributed by atoms with E-state index in [-0.39, 0.29) is 12.1 Å². The number of anilines is 1. The topological polar surface area (TPSA) is 3.24 Å². The molecule has 1 aliphatic heterocycles. The molecule has 0 radical (unpaired) electrons. The third-order valence-electron chi connectivity index (χ3n) is 4.48. The second kappa shape index (κ2) is 5.13. The van der Waals surface area contributed by atoms with Crippen molar-refractivity contribution in [2.24, 2.45) is 5.41 Å². The molecule has 0 bridgehead atoms. The molecule has 106 valence electrons. The molecule has 1 aromatic rings. The Kier molecular flexibility index (Phi) is 3.46. The average Bonchev–Trinajstić information content (AvgIpc) is 3.25. The normalized spacial score (nSPS) is 19.3. The van der Waals surface area contributed by atoms with Gasteiger partial charge in [-0.3, -0.25) is 0 Å². The van der Waals surface area contributed by atoms with Gasteiger partial charge in [0.2, 0.25) is 0 Å². The summed E-state index contributed by atoms with van der Waals surface area (Å²) in [5.74, 6) is 6.46. The first-order valence-electron chi connectivity index (χ1n) is 7.63. The summed E-state index contributed by atoms with van der Waals surface area (Å²) in [5.41, 5.74) is 3.47. The van der Waals surface area contributed by atoms with E-state index in [9.17, 15) is 4.39 Å². The van der Waals surface area contributed by atoms with E-state index in [1.165, 1.54) is 17.7 Å². The van der Waals surface area contributed by atoms with Crippen molar-refractivity contribution in [1.29, 1.82) is 0 Å². The Morgan fingerprint density at radius 1 is 1.35 bits per heavy atom. The zero-order valence-electron chi connectivity index (χ0n) is 12.4. The largest absolute Gasteiger partial charge is 0.369 e. The summed E-state index contributed by atoms with van der Waals surface area (Å²) < 4.78 is 12.9. The molecule has 1 heterocycles. The van der Waals surface area contributed by atoms with Gasteiger partial charge in [-0.25, -0.2) is 4.39 Å². The predicted molar refractivity (Wildman–Crippen MR) is 81.8 cm³/mol. The number of rotatable bonds is 2. The minimum Gasteiger partial charge on any atom is -0.369 e. The van der Waals surface area contributed by atoms with Gasteiger partial charge in [-0.05, 0) is 57.2 Å². The lowest BCUT2D eigenvalue weighted by molar-refractivity contribution is 0.407. The number of nitrogens with zero attached hydrogens (tertiary/aromatic N) is 1. The van der Waals surface area contributed by atoms with Crippen molar-refractivity contribution in [1.82, 2.24) is 0 Å². The van der Waals surface area contributed by atoms with Gasteiger partial charge in [0.05, 0.1) is 5.41 Å². The van der Waals surface area contributed by atoms with Crippen LogP contribution in [-0.4, -0.2) is 19.3 Å². The van der Waals surface area contributed by atoms with Gasteiger partial charge < -0.3 is 4.90 Å². The van der Waals surface area contributed by atoms with Crippen molar-refractivity contribution >= 4 is 5.69 Å². The lowest BCUT2D eigenvalue weighted by Crippen LogP contribution is -2.35. The highest BCUT2D eigenvalue weighted by atomic mass is 19.1. The first-order chi connectivity index (χ1) is 9.65. The Balaban J connectivity index is 1.95. The fourth-order valence-electron chi connectivity index (χ4n) is 2.95. The second-order valence-electron chi connectivity index (χ2n) is 6.36. The van der Waals surface area contributed by atoms with Crippen LogP contribution in [0.2, 0.25) is 0 Å². The zero-order chi connectivity index (χ0) is 14.2. The lowest BCUT2D eigenvalue weighted by atomic mass is 9.95. The molecule has 1 aromatic carbocycles. The number of halogens is 1. The van der Waals surface area contributed by atoms with Crippen LogP contribution in [0.1, 0.15) is 44.2 Å². The van der Waals surface area contributed by atoms with E-state index >= 15 is 0 Å². The molecule has 1 saturated carbocycles. The third kappa shape index (κ3) is 2.42. The maximum atomic E-state index is 12.9. The van der Waals surface area contributed by atoms with Crippen LogP contribution in [0.3, 0.4) is 0 Å². The molecule has 3 rings (SSSR count). The van der Waals surface area contributed by atoms with Crippen LogP contribution < -0.4 is 4.90 Å². The number of benzene rings is 1. The van der Waals surface area contributed by atoms with Crippen LogP contribution in [0.4, 0.5) is 10.1 Å². The van der Waals surface area contributed by atoms with Gasteiger partial charge in [0.15, 0.2) is 0 Å². The molecule has 1 aliphatic carbocycles. The van der Waals surface area contributed by atoms with Crippen LogP contribution in [0.5, 0.6) is 0 Å². The average molecular weight is 271 g/mol. The quantitative estimate of drug-likeness (QED) is 0.736. The van der Waals surface area contributed by atoms with E-state index in [1.807, 2.05) is 0 Å². The third-order valence-corrected chi connectivity index (χ3v) is 4.48. The van der Waals surface area contributed by atoms with E-state index in [4.69, 9.17) is 0 Å². The summed E-state index contributed by atoms with van der Waals surface area (Å²) in [6.45, 7) is 5.29. The maximum Gasteiger partial charge on any atom is 0.106 e. The van der Waals surface area contributed by atoms with Crippen LogP contribution >= 0.6 is 0 Å².